The van der Waals surface area contributed by atoms with E-state index in [4.69, 9.17) is 4.74 Å². The number of hydrogen-bond acceptors (Lipinski definition) is 4. The molecule has 5 nitrogen and oxygen atoms in total. The van der Waals surface area contributed by atoms with Gasteiger partial charge in [-0.3, -0.25) is 9.69 Å². The van der Waals surface area contributed by atoms with E-state index < -0.39 is 6.10 Å². The van der Waals surface area contributed by atoms with Crippen molar-refractivity contribution in [2.24, 2.45) is 0 Å². The SMILES string of the molecule is O=C([C@@H]1Cc2ccccc2CN1C[C@@H](O)COc1ccccc1)N1CCCC1. The zero-order valence-electron chi connectivity index (χ0n) is 16.2. The van der Waals surface area contributed by atoms with Crippen molar-refractivity contribution < 1.29 is 14.6 Å². The van der Waals surface area contributed by atoms with Crippen LogP contribution in [0.25, 0.3) is 0 Å². The first-order chi connectivity index (χ1) is 13.7. The molecule has 0 radical (unpaired) electrons. The van der Waals surface area contributed by atoms with Gasteiger partial charge in [-0.15, -0.1) is 0 Å². The van der Waals surface area contributed by atoms with Crippen molar-refractivity contribution >= 4 is 5.91 Å². The van der Waals surface area contributed by atoms with E-state index in [0.29, 0.717) is 19.5 Å². The maximum Gasteiger partial charge on any atom is 0.240 e. The summed E-state index contributed by atoms with van der Waals surface area (Å²) in [5, 5.41) is 10.6. The second-order valence-electron chi connectivity index (χ2n) is 7.73. The molecule has 0 spiro atoms. The van der Waals surface area contributed by atoms with E-state index in [1.807, 2.05) is 47.4 Å². The third-order valence-electron chi connectivity index (χ3n) is 5.68. The van der Waals surface area contributed by atoms with Gasteiger partial charge in [0.1, 0.15) is 18.5 Å². The van der Waals surface area contributed by atoms with Crippen molar-refractivity contribution in [2.45, 2.75) is 38.0 Å². The van der Waals surface area contributed by atoms with Crippen molar-refractivity contribution in [1.82, 2.24) is 9.80 Å². The zero-order chi connectivity index (χ0) is 19.3. The molecule has 2 aromatic carbocycles. The third-order valence-corrected chi connectivity index (χ3v) is 5.68. The molecule has 1 fully saturated rings. The van der Waals surface area contributed by atoms with Crippen LogP contribution in [-0.2, 0) is 17.8 Å². The molecule has 2 heterocycles. The minimum absolute atomic E-state index is 0.197. The van der Waals surface area contributed by atoms with E-state index >= 15 is 0 Å². The van der Waals surface area contributed by atoms with E-state index in [1.165, 1.54) is 11.1 Å². The Morgan fingerprint density at radius 3 is 2.46 bits per heavy atom. The number of amides is 1. The first-order valence-electron chi connectivity index (χ1n) is 10.2. The van der Waals surface area contributed by atoms with E-state index in [-0.39, 0.29) is 18.6 Å². The maximum absolute atomic E-state index is 13.2. The van der Waals surface area contributed by atoms with Crippen LogP contribution in [0.5, 0.6) is 5.75 Å². The van der Waals surface area contributed by atoms with Crippen molar-refractivity contribution in [3.63, 3.8) is 0 Å². The number of fused-ring (bicyclic) bond motifs is 1. The Morgan fingerprint density at radius 1 is 1.04 bits per heavy atom. The highest BCUT2D eigenvalue weighted by atomic mass is 16.5. The Balaban J connectivity index is 1.44. The number of benzene rings is 2. The monoisotopic (exact) mass is 380 g/mol. The van der Waals surface area contributed by atoms with Gasteiger partial charge in [0.2, 0.25) is 5.91 Å². The van der Waals surface area contributed by atoms with Crippen LogP contribution in [0.15, 0.2) is 54.6 Å². The van der Waals surface area contributed by atoms with Gasteiger partial charge in [-0.1, -0.05) is 42.5 Å². The average molecular weight is 380 g/mol. The fraction of sp³-hybridized carbons (Fsp3) is 0.435. The average Bonchev–Trinajstić information content (AvgIpc) is 3.27. The number of β-amino-alcohol motifs (C(OH)–C–C–N with tert-alkyl or cyclic N) is 1. The van der Waals surface area contributed by atoms with Gasteiger partial charge in [-0.05, 0) is 42.5 Å². The topological polar surface area (TPSA) is 53.0 Å². The summed E-state index contributed by atoms with van der Waals surface area (Å²) < 4.78 is 5.70. The Hall–Kier alpha value is -2.37. The number of para-hydroxylation sites is 1. The molecule has 5 heteroatoms. The van der Waals surface area contributed by atoms with Crippen LogP contribution in [0.2, 0.25) is 0 Å². The number of nitrogens with zero attached hydrogens (tertiary/aromatic N) is 2. The summed E-state index contributed by atoms with van der Waals surface area (Å²) in [6.07, 6.45) is 2.22. The second kappa shape index (κ2) is 8.76. The van der Waals surface area contributed by atoms with Gasteiger partial charge in [-0.2, -0.15) is 0 Å². The lowest BCUT2D eigenvalue weighted by Gasteiger charge is -2.38. The quantitative estimate of drug-likeness (QED) is 0.837. The van der Waals surface area contributed by atoms with Gasteiger partial charge in [-0.25, -0.2) is 0 Å². The standard InChI is InChI=1S/C23H28N2O3/c26-20(17-28-21-10-2-1-3-11-21)16-25-15-19-9-5-4-8-18(19)14-22(25)23(27)24-12-6-7-13-24/h1-5,8-11,20,22,26H,6-7,12-17H2/t20-,22+/m1/s1. The molecule has 4 rings (SSSR count). The molecule has 1 saturated heterocycles. The van der Waals surface area contributed by atoms with Gasteiger partial charge in [0.15, 0.2) is 0 Å². The molecule has 0 aromatic heterocycles. The van der Waals surface area contributed by atoms with E-state index in [9.17, 15) is 9.90 Å². The summed E-state index contributed by atoms with van der Waals surface area (Å²) in [7, 11) is 0. The number of aliphatic hydroxyl groups excluding tert-OH is 1. The molecule has 2 aromatic rings. The smallest absolute Gasteiger partial charge is 0.240 e. The molecular weight excluding hydrogens is 352 g/mol. The van der Waals surface area contributed by atoms with Crippen LogP contribution < -0.4 is 4.74 Å². The van der Waals surface area contributed by atoms with Crippen LogP contribution in [-0.4, -0.2) is 59.2 Å². The predicted molar refractivity (Wildman–Crippen MR) is 108 cm³/mol. The van der Waals surface area contributed by atoms with E-state index in [2.05, 4.69) is 17.0 Å². The summed E-state index contributed by atoms with van der Waals surface area (Å²) in [6, 6.07) is 17.6. The lowest BCUT2D eigenvalue weighted by molar-refractivity contribution is -0.137. The minimum Gasteiger partial charge on any atom is -0.491 e. The zero-order valence-corrected chi connectivity index (χ0v) is 16.2. The molecule has 0 saturated carbocycles. The number of rotatable bonds is 6. The third kappa shape index (κ3) is 4.37. The van der Waals surface area contributed by atoms with Crippen molar-refractivity contribution in [1.29, 1.82) is 0 Å². The highest BCUT2D eigenvalue weighted by Gasteiger charge is 2.35. The fourth-order valence-corrected chi connectivity index (χ4v) is 4.19. The molecule has 0 aliphatic carbocycles. The maximum atomic E-state index is 13.2. The van der Waals surface area contributed by atoms with Crippen LogP contribution in [0, 0.1) is 0 Å². The van der Waals surface area contributed by atoms with E-state index in [0.717, 1.165) is 31.7 Å². The molecule has 1 N–H and O–H groups in total. The Kier molecular flexibility index (Phi) is 5.93. The second-order valence-corrected chi connectivity index (χ2v) is 7.73. The van der Waals surface area contributed by atoms with E-state index in [1.54, 1.807) is 0 Å². The minimum atomic E-state index is -0.653. The number of aliphatic hydroxyl groups is 1. The molecule has 148 valence electrons. The molecule has 0 bridgehead atoms. The van der Waals surface area contributed by atoms with Crippen molar-refractivity contribution in [2.75, 3.05) is 26.2 Å². The van der Waals surface area contributed by atoms with Crippen LogP contribution in [0.4, 0.5) is 0 Å². The Bertz CT molecular complexity index is 789. The molecule has 2 aliphatic rings. The number of carbonyl (C=O) groups is 1. The molecule has 28 heavy (non-hydrogen) atoms. The number of likely N-dealkylation sites (tertiary alicyclic amines) is 1. The molecule has 0 unspecified atom stereocenters. The van der Waals surface area contributed by atoms with Gasteiger partial charge < -0.3 is 14.7 Å². The summed E-state index contributed by atoms with van der Waals surface area (Å²) in [5.74, 6) is 0.943. The number of ether oxygens (including phenoxy) is 1. The van der Waals surface area contributed by atoms with Gasteiger partial charge >= 0.3 is 0 Å². The summed E-state index contributed by atoms with van der Waals surface area (Å²) >= 11 is 0. The lowest BCUT2D eigenvalue weighted by atomic mass is 9.93. The van der Waals surface area contributed by atoms with Gasteiger partial charge in [0.05, 0.1) is 6.04 Å². The van der Waals surface area contributed by atoms with Gasteiger partial charge in [0, 0.05) is 26.2 Å². The van der Waals surface area contributed by atoms with Crippen LogP contribution in [0.3, 0.4) is 0 Å². The summed E-state index contributed by atoms with van der Waals surface area (Å²) in [6.45, 7) is 3.02. The fourth-order valence-electron chi connectivity index (χ4n) is 4.19. The van der Waals surface area contributed by atoms with Crippen molar-refractivity contribution in [3.05, 3.63) is 65.7 Å². The Morgan fingerprint density at radius 2 is 1.71 bits per heavy atom. The lowest BCUT2D eigenvalue weighted by Crippen LogP contribution is -2.53. The first kappa shape index (κ1) is 19.0. The molecular formula is C23H28N2O3. The highest BCUT2D eigenvalue weighted by molar-refractivity contribution is 5.83. The number of carbonyl (C=O) groups excluding carboxylic acids is 1. The number of hydrogen-bond donors (Lipinski definition) is 1. The van der Waals surface area contributed by atoms with Crippen LogP contribution in [0.1, 0.15) is 24.0 Å². The summed E-state index contributed by atoms with van der Waals surface area (Å²) in [4.78, 5) is 17.3. The molecule has 2 atom stereocenters. The normalized spacial score (nSPS) is 20.6. The Labute approximate surface area is 166 Å². The largest absolute Gasteiger partial charge is 0.491 e. The highest BCUT2D eigenvalue weighted by Crippen LogP contribution is 2.26. The molecule has 1 amide bonds. The van der Waals surface area contributed by atoms with Gasteiger partial charge in [0.25, 0.3) is 0 Å². The first-order valence-corrected chi connectivity index (χ1v) is 10.2. The van der Waals surface area contributed by atoms with Crippen molar-refractivity contribution in [3.8, 4) is 5.75 Å². The summed E-state index contributed by atoms with van der Waals surface area (Å²) in [5.41, 5.74) is 2.48. The predicted octanol–water partition coefficient (Wildman–Crippen LogP) is 2.48. The molecule has 2 aliphatic heterocycles. The van der Waals surface area contributed by atoms with Crippen LogP contribution >= 0.6 is 0 Å².